The maximum atomic E-state index is 12.6. The maximum absolute atomic E-state index is 12.6. The minimum Gasteiger partial charge on any atom is -0.348 e. The lowest BCUT2D eigenvalue weighted by atomic mass is 9.96. The minimum atomic E-state index is -0.116. The highest BCUT2D eigenvalue weighted by molar-refractivity contribution is 6.40. The zero-order chi connectivity index (χ0) is 17.6. The second-order valence-electron chi connectivity index (χ2n) is 7.10. The third-order valence-electron chi connectivity index (χ3n) is 5.01. The van der Waals surface area contributed by atoms with Crippen LogP contribution < -0.4 is 10.3 Å². The van der Waals surface area contributed by atoms with Crippen LogP contribution in [0.3, 0.4) is 0 Å². The van der Waals surface area contributed by atoms with E-state index in [1.54, 1.807) is 0 Å². The predicted molar refractivity (Wildman–Crippen MR) is 99.6 cm³/mol. The topological polar surface area (TPSA) is 61.8 Å². The van der Waals surface area contributed by atoms with E-state index in [-0.39, 0.29) is 17.9 Å². The lowest BCUT2D eigenvalue weighted by Gasteiger charge is -2.25. The molecule has 1 heterocycles. The van der Waals surface area contributed by atoms with Crippen molar-refractivity contribution in [3.63, 3.8) is 0 Å². The molecule has 2 amide bonds. The molecule has 1 aliphatic carbocycles. The largest absolute Gasteiger partial charge is 0.348 e. The average molecular weight is 341 g/mol. The first-order chi connectivity index (χ1) is 12.1. The fourth-order valence-corrected chi connectivity index (χ4v) is 3.47. The first-order valence-corrected chi connectivity index (χ1v) is 9.41. The Morgan fingerprint density at radius 1 is 1.04 bits per heavy atom. The Morgan fingerprint density at radius 3 is 2.36 bits per heavy atom. The van der Waals surface area contributed by atoms with E-state index in [9.17, 15) is 9.59 Å². The summed E-state index contributed by atoms with van der Waals surface area (Å²) in [6.45, 7) is 2.00. The molecule has 3 rings (SSSR count). The Hall–Kier alpha value is -2.17. The smallest absolute Gasteiger partial charge is 0.267 e. The maximum Gasteiger partial charge on any atom is 0.267 e. The van der Waals surface area contributed by atoms with Crippen LogP contribution >= 0.6 is 0 Å². The molecule has 1 N–H and O–H groups in total. The van der Waals surface area contributed by atoms with Gasteiger partial charge in [0.05, 0.1) is 5.69 Å². The van der Waals surface area contributed by atoms with Gasteiger partial charge in [-0.25, -0.2) is 5.01 Å². The number of hydrazone groups is 1. The van der Waals surface area contributed by atoms with Crippen LogP contribution in [0.15, 0.2) is 29.4 Å². The van der Waals surface area contributed by atoms with E-state index in [0.29, 0.717) is 24.2 Å². The number of hydrogen-bond donors (Lipinski definition) is 1. The van der Waals surface area contributed by atoms with Crippen LogP contribution in [-0.2, 0) is 9.59 Å². The van der Waals surface area contributed by atoms with Crippen molar-refractivity contribution in [2.24, 2.45) is 5.10 Å². The summed E-state index contributed by atoms with van der Waals surface area (Å²) in [5.74, 6) is -0.179. The van der Waals surface area contributed by atoms with Gasteiger partial charge in [0.25, 0.3) is 5.91 Å². The average Bonchev–Trinajstić information content (AvgIpc) is 2.58. The van der Waals surface area contributed by atoms with Gasteiger partial charge in [-0.1, -0.05) is 49.8 Å². The molecule has 1 saturated carbocycles. The zero-order valence-electron chi connectivity index (χ0n) is 15.0. The molecule has 0 radical (unpaired) electrons. The number of aryl methyl sites for hydroxylation is 1. The fourth-order valence-electron chi connectivity index (χ4n) is 3.47. The quantitative estimate of drug-likeness (QED) is 0.911. The Morgan fingerprint density at radius 2 is 1.68 bits per heavy atom. The summed E-state index contributed by atoms with van der Waals surface area (Å²) < 4.78 is 0. The van der Waals surface area contributed by atoms with Crippen LogP contribution in [0.25, 0.3) is 0 Å². The Labute approximate surface area is 149 Å². The standard InChI is InChI=1S/C20H27N3O2/c1-15-9-11-17(12-10-15)23-19(24)14-13-18(22-23)20(25)21-16-7-5-3-2-4-6-8-16/h9-12,16H,2-8,13-14H2,1H3,(H,21,25). The van der Waals surface area contributed by atoms with Gasteiger partial charge in [-0.3, -0.25) is 9.59 Å². The Balaban J connectivity index is 1.69. The van der Waals surface area contributed by atoms with Gasteiger partial charge >= 0.3 is 0 Å². The molecule has 1 aliphatic heterocycles. The number of nitrogens with one attached hydrogen (secondary N) is 1. The number of benzene rings is 1. The highest BCUT2D eigenvalue weighted by Crippen LogP contribution is 2.21. The van der Waals surface area contributed by atoms with Crippen LogP contribution in [0.4, 0.5) is 5.69 Å². The molecule has 5 heteroatoms. The third kappa shape index (κ3) is 4.68. The molecule has 0 saturated heterocycles. The summed E-state index contributed by atoms with van der Waals surface area (Å²) in [7, 11) is 0. The number of hydrogen-bond acceptors (Lipinski definition) is 3. The molecule has 0 atom stereocenters. The van der Waals surface area contributed by atoms with Gasteiger partial charge in [0, 0.05) is 18.9 Å². The highest BCUT2D eigenvalue weighted by atomic mass is 16.2. The second-order valence-corrected chi connectivity index (χ2v) is 7.10. The van der Waals surface area contributed by atoms with Gasteiger partial charge < -0.3 is 5.32 Å². The van der Waals surface area contributed by atoms with Crippen LogP contribution in [0.1, 0.15) is 63.4 Å². The molecular weight excluding hydrogens is 314 g/mol. The molecule has 0 aromatic heterocycles. The molecule has 0 unspecified atom stereocenters. The van der Waals surface area contributed by atoms with E-state index in [2.05, 4.69) is 10.4 Å². The monoisotopic (exact) mass is 341 g/mol. The highest BCUT2D eigenvalue weighted by Gasteiger charge is 2.26. The normalized spacial score (nSPS) is 19.8. The first-order valence-electron chi connectivity index (χ1n) is 9.41. The summed E-state index contributed by atoms with van der Waals surface area (Å²) >= 11 is 0. The molecular formula is C20H27N3O2. The van der Waals surface area contributed by atoms with Crippen molar-refractivity contribution >= 4 is 23.2 Å². The van der Waals surface area contributed by atoms with Crippen LogP contribution in [-0.4, -0.2) is 23.6 Å². The predicted octanol–water partition coefficient (Wildman–Crippen LogP) is 3.71. The van der Waals surface area contributed by atoms with Gasteiger partial charge in [0.1, 0.15) is 5.71 Å². The van der Waals surface area contributed by atoms with Crippen molar-refractivity contribution < 1.29 is 9.59 Å². The summed E-state index contributed by atoms with van der Waals surface area (Å²) in [5, 5.41) is 8.87. The molecule has 5 nitrogen and oxygen atoms in total. The van der Waals surface area contributed by atoms with Crippen molar-refractivity contribution in [1.29, 1.82) is 0 Å². The Kier molecular flexibility index (Phi) is 5.84. The van der Waals surface area contributed by atoms with Crippen LogP contribution in [0.5, 0.6) is 0 Å². The molecule has 1 aromatic carbocycles. The minimum absolute atomic E-state index is 0.0636. The van der Waals surface area contributed by atoms with Gasteiger partial charge in [-0.05, 0) is 31.9 Å². The van der Waals surface area contributed by atoms with Crippen molar-refractivity contribution in [1.82, 2.24) is 5.32 Å². The van der Waals surface area contributed by atoms with E-state index >= 15 is 0 Å². The SMILES string of the molecule is Cc1ccc(N2N=C(C(=O)NC3CCCCCCC3)CCC2=O)cc1. The first kappa shape index (κ1) is 17.6. The number of carbonyl (C=O) groups is 2. The number of nitrogens with zero attached hydrogens (tertiary/aromatic N) is 2. The molecule has 2 aliphatic rings. The summed E-state index contributed by atoms with van der Waals surface area (Å²) in [5.41, 5.74) is 2.30. The molecule has 1 aromatic rings. The second kappa shape index (κ2) is 8.28. The van der Waals surface area contributed by atoms with Gasteiger partial charge in [-0.2, -0.15) is 5.10 Å². The molecule has 25 heavy (non-hydrogen) atoms. The van der Waals surface area contributed by atoms with E-state index in [0.717, 1.165) is 18.4 Å². The summed E-state index contributed by atoms with van der Waals surface area (Å²) in [6.07, 6.45) is 8.98. The van der Waals surface area contributed by atoms with E-state index in [1.807, 2.05) is 31.2 Å². The van der Waals surface area contributed by atoms with Crippen molar-refractivity contribution in [2.75, 3.05) is 5.01 Å². The van der Waals surface area contributed by atoms with E-state index in [4.69, 9.17) is 0 Å². The van der Waals surface area contributed by atoms with Gasteiger partial charge in [0.15, 0.2) is 0 Å². The van der Waals surface area contributed by atoms with Crippen molar-refractivity contribution in [2.45, 2.75) is 70.8 Å². The lowest BCUT2D eigenvalue weighted by molar-refractivity contribution is -0.119. The van der Waals surface area contributed by atoms with Crippen molar-refractivity contribution in [3.8, 4) is 0 Å². The molecule has 0 spiro atoms. The lowest BCUT2D eigenvalue weighted by Crippen LogP contribution is -2.43. The number of carbonyl (C=O) groups excluding carboxylic acids is 2. The molecule has 0 bridgehead atoms. The zero-order valence-corrected chi connectivity index (χ0v) is 15.0. The van der Waals surface area contributed by atoms with E-state index in [1.165, 1.54) is 37.1 Å². The number of anilines is 1. The number of amides is 2. The summed E-state index contributed by atoms with van der Waals surface area (Å²) in [4.78, 5) is 24.8. The van der Waals surface area contributed by atoms with Crippen LogP contribution in [0.2, 0.25) is 0 Å². The van der Waals surface area contributed by atoms with Gasteiger partial charge in [-0.15, -0.1) is 0 Å². The van der Waals surface area contributed by atoms with Gasteiger partial charge in [0.2, 0.25) is 5.91 Å². The van der Waals surface area contributed by atoms with Crippen molar-refractivity contribution in [3.05, 3.63) is 29.8 Å². The molecule has 134 valence electrons. The Bertz CT molecular complexity index is 643. The van der Waals surface area contributed by atoms with Crippen LogP contribution in [0, 0.1) is 6.92 Å². The summed E-state index contributed by atoms with van der Waals surface area (Å²) in [6, 6.07) is 7.86. The molecule has 1 fully saturated rings. The third-order valence-corrected chi connectivity index (χ3v) is 5.01. The van der Waals surface area contributed by atoms with E-state index < -0.39 is 0 Å². The number of rotatable bonds is 3. The fraction of sp³-hybridized carbons (Fsp3) is 0.550.